The zero-order valence-electron chi connectivity index (χ0n) is 20.0. The number of hydrogen-bond donors (Lipinski definition) is 3. The van der Waals surface area contributed by atoms with E-state index in [2.05, 4.69) is 57.0 Å². The summed E-state index contributed by atoms with van der Waals surface area (Å²) in [6, 6.07) is 20.1. The topological polar surface area (TPSA) is 91.9 Å². The van der Waals surface area contributed by atoms with E-state index in [-0.39, 0.29) is 5.56 Å². The number of benzene rings is 2. The molecule has 0 aliphatic carbocycles. The van der Waals surface area contributed by atoms with E-state index < -0.39 is 6.10 Å². The molecule has 0 bridgehead atoms. The Balaban J connectivity index is 1.29. The van der Waals surface area contributed by atoms with Crippen LogP contribution in [0.1, 0.15) is 42.1 Å². The largest absolute Gasteiger partial charge is 0.483 e. The summed E-state index contributed by atoms with van der Waals surface area (Å²) in [5, 5.41) is 7.41. The average molecular weight is 470 g/mol. The molecular weight excluding hydrogens is 438 g/mol. The number of nitrogens with one attached hydrogen (secondary N) is 3. The first kappa shape index (κ1) is 23.2. The van der Waals surface area contributed by atoms with Crippen molar-refractivity contribution >= 4 is 10.9 Å². The summed E-state index contributed by atoms with van der Waals surface area (Å²) >= 11 is 0. The molecule has 180 valence electrons. The minimum Gasteiger partial charge on any atom is -0.483 e. The molecule has 35 heavy (non-hydrogen) atoms. The van der Waals surface area contributed by atoms with Gasteiger partial charge in [-0.15, -0.1) is 0 Å². The van der Waals surface area contributed by atoms with Crippen LogP contribution in [0.3, 0.4) is 0 Å². The van der Waals surface area contributed by atoms with Crippen molar-refractivity contribution in [3.63, 3.8) is 0 Å². The van der Waals surface area contributed by atoms with Gasteiger partial charge in [-0.25, -0.2) is 4.98 Å². The number of pyridine rings is 1. The first-order chi connectivity index (χ1) is 17.2. The highest BCUT2D eigenvalue weighted by molar-refractivity contribution is 5.79. The monoisotopic (exact) mass is 469 g/mol. The van der Waals surface area contributed by atoms with Gasteiger partial charge in [0.2, 0.25) is 0 Å². The molecule has 3 N–H and O–H groups in total. The van der Waals surface area contributed by atoms with Crippen molar-refractivity contribution in [3.8, 4) is 5.75 Å². The van der Waals surface area contributed by atoms with Gasteiger partial charge in [-0.1, -0.05) is 42.5 Å². The third-order valence-corrected chi connectivity index (χ3v) is 6.48. The van der Waals surface area contributed by atoms with Crippen LogP contribution in [-0.2, 0) is 13.0 Å². The van der Waals surface area contributed by atoms with E-state index in [1.54, 1.807) is 12.3 Å². The molecule has 1 fully saturated rings. The second-order valence-electron chi connectivity index (χ2n) is 9.16. The third kappa shape index (κ3) is 5.75. The van der Waals surface area contributed by atoms with E-state index >= 15 is 0 Å². The molecule has 0 radical (unpaired) electrons. The van der Waals surface area contributed by atoms with Crippen molar-refractivity contribution in [1.82, 2.24) is 25.6 Å². The predicted molar refractivity (Wildman–Crippen MR) is 138 cm³/mol. The van der Waals surface area contributed by atoms with Crippen molar-refractivity contribution in [3.05, 3.63) is 99.9 Å². The predicted octanol–water partition coefficient (Wildman–Crippen LogP) is 3.75. The number of ether oxygens (including phenoxy) is 1. The second kappa shape index (κ2) is 10.8. The molecule has 7 heteroatoms. The van der Waals surface area contributed by atoms with Gasteiger partial charge in [0.05, 0.1) is 11.1 Å². The van der Waals surface area contributed by atoms with E-state index in [1.165, 1.54) is 17.5 Å². The lowest BCUT2D eigenvalue weighted by atomic mass is 10.1. The van der Waals surface area contributed by atoms with Gasteiger partial charge in [-0.3, -0.25) is 9.78 Å². The number of aromatic amines is 1. The van der Waals surface area contributed by atoms with Gasteiger partial charge >= 0.3 is 0 Å². The highest BCUT2D eigenvalue weighted by Gasteiger charge is 2.17. The van der Waals surface area contributed by atoms with Crippen LogP contribution in [0.15, 0.2) is 71.7 Å². The molecule has 5 rings (SSSR count). The highest BCUT2D eigenvalue weighted by atomic mass is 16.5. The third-order valence-electron chi connectivity index (χ3n) is 6.48. The second-order valence-corrected chi connectivity index (χ2v) is 9.16. The van der Waals surface area contributed by atoms with Crippen LogP contribution in [0.4, 0.5) is 0 Å². The van der Waals surface area contributed by atoms with Gasteiger partial charge in [0.25, 0.3) is 5.56 Å². The molecule has 1 saturated heterocycles. The molecule has 7 nitrogen and oxygen atoms in total. The molecule has 2 atom stereocenters. The first-order valence-electron chi connectivity index (χ1n) is 12.2. The summed E-state index contributed by atoms with van der Waals surface area (Å²) < 4.78 is 6.12. The summed E-state index contributed by atoms with van der Waals surface area (Å²) in [7, 11) is 0. The quantitative estimate of drug-likeness (QED) is 0.346. The Morgan fingerprint density at radius 3 is 2.66 bits per heavy atom. The standard InChI is InChI=1S/C28H31N5O2/c1-19(35-23-9-7-21(8-10-23)15-20-5-3-2-4-6-20)27-32-26-24(28(34)33-27)12-14-31-25(26)18-30-17-22-11-13-29-16-22/h2-10,12,14,19,22,29-30H,11,13,15-18H2,1H3,(H,32,33,34)/t19?,22-/m0/s1. The van der Waals surface area contributed by atoms with Crippen LogP contribution in [0.5, 0.6) is 5.75 Å². The molecule has 2 aromatic heterocycles. The normalized spacial score (nSPS) is 16.4. The van der Waals surface area contributed by atoms with E-state index in [0.29, 0.717) is 29.2 Å². The minimum absolute atomic E-state index is 0.178. The minimum atomic E-state index is -0.419. The van der Waals surface area contributed by atoms with Crippen molar-refractivity contribution < 1.29 is 4.74 Å². The van der Waals surface area contributed by atoms with Gasteiger partial charge < -0.3 is 20.4 Å². The molecule has 0 amide bonds. The maximum absolute atomic E-state index is 12.8. The maximum Gasteiger partial charge on any atom is 0.258 e. The van der Waals surface area contributed by atoms with Crippen molar-refractivity contribution in [2.75, 3.05) is 19.6 Å². The molecule has 1 aliphatic heterocycles. The maximum atomic E-state index is 12.8. The SMILES string of the molecule is CC(Oc1ccc(Cc2ccccc2)cc1)c1nc2c(CNC[C@H]3CCNC3)nccc2c(=O)[nH]1. The van der Waals surface area contributed by atoms with Gasteiger partial charge in [-0.2, -0.15) is 0 Å². The number of hydrogen-bond acceptors (Lipinski definition) is 6. The van der Waals surface area contributed by atoms with E-state index in [0.717, 1.165) is 37.5 Å². The Hall–Kier alpha value is -3.55. The lowest BCUT2D eigenvalue weighted by molar-refractivity contribution is 0.216. The zero-order valence-corrected chi connectivity index (χ0v) is 20.0. The molecule has 1 unspecified atom stereocenters. The summed E-state index contributed by atoms with van der Waals surface area (Å²) in [5.41, 5.74) is 3.70. The van der Waals surface area contributed by atoms with Gasteiger partial charge in [-0.05, 0) is 74.6 Å². The lowest BCUT2D eigenvalue weighted by Crippen LogP contribution is -2.25. The van der Waals surface area contributed by atoms with Gasteiger partial charge in [0.1, 0.15) is 11.3 Å². The zero-order chi connectivity index (χ0) is 24.0. The van der Waals surface area contributed by atoms with Crippen LogP contribution in [0, 0.1) is 5.92 Å². The van der Waals surface area contributed by atoms with Crippen LogP contribution in [0.2, 0.25) is 0 Å². The van der Waals surface area contributed by atoms with Gasteiger partial charge in [0, 0.05) is 12.7 Å². The fourth-order valence-corrected chi connectivity index (χ4v) is 4.52. The highest BCUT2D eigenvalue weighted by Crippen LogP contribution is 2.22. The van der Waals surface area contributed by atoms with E-state index in [1.807, 2.05) is 25.1 Å². The molecule has 1 aliphatic rings. The smallest absolute Gasteiger partial charge is 0.258 e. The van der Waals surface area contributed by atoms with E-state index in [9.17, 15) is 4.79 Å². The van der Waals surface area contributed by atoms with Crippen LogP contribution in [-0.4, -0.2) is 34.6 Å². The molecule has 3 heterocycles. The molecule has 4 aromatic rings. The summed E-state index contributed by atoms with van der Waals surface area (Å²) in [6.45, 7) is 5.50. The fourth-order valence-electron chi connectivity index (χ4n) is 4.52. The number of rotatable bonds is 9. The number of nitrogens with zero attached hydrogens (tertiary/aromatic N) is 2. The van der Waals surface area contributed by atoms with Crippen LogP contribution < -0.4 is 20.9 Å². The Bertz CT molecular complexity index is 1320. The van der Waals surface area contributed by atoms with E-state index in [4.69, 9.17) is 9.72 Å². The Morgan fingerprint density at radius 2 is 1.89 bits per heavy atom. The average Bonchev–Trinajstić information content (AvgIpc) is 3.40. The number of H-pyrrole nitrogens is 1. The summed E-state index contributed by atoms with van der Waals surface area (Å²) in [6.07, 6.45) is 3.30. The molecule has 2 aromatic carbocycles. The van der Waals surface area contributed by atoms with Crippen molar-refractivity contribution in [2.24, 2.45) is 5.92 Å². The Morgan fingerprint density at radius 1 is 1.09 bits per heavy atom. The first-order valence-corrected chi connectivity index (χ1v) is 12.2. The van der Waals surface area contributed by atoms with Gasteiger partial charge in [0.15, 0.2) is 11.9 Å². The summed E-state index contributed by atoms with van der Waals surface area (Å²) in [5.74, 6) is 1.85. The molecular formula is C28H31N5O2. The van der Waals surface area contributed by atoms with Crippen LogP contribution >= 0.6 is 0 Å². The summed E-state index contributed by atoms with van der Waals surface area (Å²) in [4.78, 5) is 25.0. The Kier molecular flexibility index (Phi) is 7.16. The van der Waals surface area contributed by atoms with Crippen LogP contribution in [0.25, 0.3) is 10.9 Å². The lowest BCUT2D eigenvalue weighted by Gasteiger charge is -2.16. The number of aromatic nitrogens is 3. The fraction of sp³-hybridized carbons (Fsp3) is 0.321. The molecule has 0 saturated carbocycles. The van der Waals surface area contributed by atoms with Crippen molar-refractivity contribution in [1.29, 1.82) is 0 Å². The molecule has 0 spiro atoms. The van der Waals surface area contributed by atoms with Crippen molar-refractivity contribution in [2.45, 2.75) is 32.4 Å². The number of fused-ring (bicyclic) bond motifs is 1. The Labute approximate surface area is 205 Å².